The van der Waals surface area contributed by atoms with Crippen LogP contribution in [0.3, 0.4) is 0 Å². The Hall–Kier alpha value is -1.17. The summed E-state index contributed by atoms with van der Waals surface area (Å²) in [5.41, 5.74) is 0.871. The van der Waals surface area contributed by atoms with Crippen molar-refractivity contribution in [3.63, 3.8) is 0 Å². The zero-order chi connectivity index (χ0) is 15.7. The minimum Gasteiger partial charge on any atom is -0.488 e. The average Bonchev–Trinajstić information content (AvgIpc) is 2.43. The Morgan fingerprint density at radius 3 is 2.67 bits per heavy atom. The molecular formula is C16H26FNO3. The van der Waals surface area contributed by atoms with Gasteiger partial charge in [0.15, 0.2) is 11.6 Å². The van der Waals surface area contributed by atoms with E-state index in [1.807, 2.05) is 13.0 Å². The second-order valence-electron chi connectivity index (χ2n) is 5.41. The summed E-state index contributed by atoms with van der Waals surface area (Å²) in [4.78, 5) is 0. The predicted octanol–water partition coefficient (Wildman–Crippen LogP) is 2.35. The standard InChI is InChI=1S/C16H26FNO3/c1-4-20-10-14(19)11-21-16-6-5-13(7-15(16)17)9-18-8-12(2)3/h5-7,12,14,18-19H,4,8-11H2,1-3H3. The number of hydrogen-bond donors (Lipinski definition) is 2. The van der Waals surface area contributed by atoms with Gasteiger partial charge in [-0.25, -0.2) is 4.39 Å². The van der Waals surface area contributed by atoms with Gasteiger partial charge in [-0.15, -0.1) is 0 Å². The Morgan fingerprint density at radius 2 is 2.05 bits per heavy atom. The van der Waals surface area contributed by atoms with Crippen molar-refractivity contribution in [3.8, 4) is 5.75 Å². The van der Waals surface area contributed by atoms with Crippen LogP contribution in [-0.2, 0) is 11.3 Å². The highest BCUT2D eigenvalue weighted by atomic mass is 19.1. The summed E-state index contributed by atoms with van der Waals surface area (Å²) in [6.45, 7) is 8.35. The minimum atomic E-state index is -0.753. The highest BCUT2D eigenvalue weighted by molar-refractivity contribution is 5.29. The summed E-state index contributed by atoms with van der Waals surface area (Å²) in [5, 5.41) is 12.8. The average molecular weight is 299 g/mol. The van der Waals surface area contributed by atoms with Gasteiger partial charge >= 0.3 is 0 Å². The molecule has 1 aromatic carbocycles. The minimum absolute atomic E-state index is 0.0157. The Kier molecular flexibility index (Phi) is 8.27. The monoisotopic (exact) mass is 299 g/mol. The molecule has 0 aliphatic carbocycles. The quantitative estimate of drug-likeness (QED) is 0.696. The number of aliphatic hydroxyl groups excluding tert-OH is 1. The first-order valence-corrected chi connectivity index (χ1v) is 7.40. The zero-order valence-corrected chi connectivity index (χ0v) is 13.1. The first-order chi connectivity index (χ1) is 10.0. The first-order valence-electron chi connectivity index (χ1n) is 7.40. The molecule has 0 saturated heterocycles. The van der Waals surface area contributed by atoms with E-state index in [2.05, 4.69) is 19.2 Å². The van der Waals surface area contributed by atoms with E-state index in [1.54, 1.807) is 6.07 Å². The summed E-state index contributed by atoms with van der Waals surface area (Å²) in [5.74, 6) is 0.296. The third-order valence-electron chi connectivity index (χ3n) is 2.82. The van der Waals surface area contributed by atoms with Crippen molar-refractivity contribution >= 4 is 0 Å². The molecule has 0 heterocycles. The van der Waals surface area contributed by atoms with Gasteiger partial charge in [-0.1, -0.05) is 19.9 Å². The molecule has 1 atom stereocenters. The molecule has 0 aliphatic rings. The zero-order valence-electron chi connectivity index (χ0n) is 13.1. The Balaban J connectivity index is 2.42. The lowest BCUT2D eigenvalue weighted by Gasteiger charge is -2.13. The lowest BCUT2D eigenvalue weighted by Crippen LogP contribution is -2.23. The molecule has 1 unspecified atom stereocenters. The highest BCUT2D eigenvalue weighted by Gasteiger charge is 2.09. The number of hydrogen-bond acceptors (Lipinski definition) is 4. The van der Waals surface area contributed by atoms with Gasteiger partial charge in [-0.05, 0) is 37.1 Å². The number of benzene rings is 1. The van der Waals surface area contributed by atoms with Gasteiger partial charge in [0.2, 0.25) is 0 Å². The second kappa shape index (κ2) is 9.71. The molecule has 0 spiro atoms. The normalized spacial score (nSPS) is 12.7. The molecule has 5 heteroatoms. The van der Waals surface area contributed by atoms with Gasteiger partial charge in [-0.2, -0.15) is 0 Å². The third-order valence-corrected chi connectivity index (χ3v) is 2.82. The van der Waals surface area contributed by atoms with Gasteiger partial charge in [0.05, 0.1) is 6.61 Å². The fourth-order valence-corrected chi connectivity index (χ4v) is 1.76. The van der Waals surface area contributed by atoms with Gasteiger partial charge in [0.25, 0.3) is 0 Å². The van der Waals surface area contributed by atoms with Crippen LogP contribution in [0.15, 0.2) is 18.2 Å². The number of aliphatic hydroxyl groups is 1. The van der Waals surface area contributed by atoms with Crippen LogP contribution in [0.1, 0.15) is 26.3 Å². The molecule has 0 radical (unpaired) electrons. The number of halogens is 1. The molecule has 21 heavy (non-hydrogen) atoms. The van der Waals surface area contributed by atoms with Gasteiger partial charge in [0.1, 0.15) is 12.7 Å². The van der Waals surface area contributed by atoms with Crippen molar-refractivity contribution in [2.24, 2.45) is 5.92 Å². The van der Waals surface area contributed by atoms with Crippen LogP contribution in [0.25, 0.3) is 0 Å². The van der Waals surface area contributed by atoms with Crippen molar-refractivity contribution in [1.29, 1.82) is 0 Å². The summed E-state index contributed by atoms with van der Waals surface area (Å²) in [6.07, 6.45) is -0.753. The molecular weight excluding hydrogens is 273 g/mol. The van der Waals surface area contributed by atoms with E-state index in [0.29, 0.717) is 19.1 Å². The topological polar surface area (TPSA) is 50.7 Å². The van der Waals surface area contributed by atoms with Crippen LogP contribution >= 0.6 is 0 Å². The first kappa shape index (κ1) is 17.9. The second-order valence-corrected chi connectivity index (χ2v) is 5.41. The summed E-state index contributed by atoms with van der Waals surface area (Å²) in [7, 11) is 0. The van der Waals surface area contributed by atoms with Crippen molar-refractivity contribution in [2.45, 2.75) is 33.4 Å². The molecule has 0 aliphatic heterocycles. The molecule has 0 fully saturated rings. The molecule has 2 N–H and O–H groups in total. The predicted molar refractivity (Wildman–Crippen MR) is 80.9 cm³/mol. The van der Waals surface area contributed by atoms with Crippen molar-refractivity contribution < 1.29 is 19.0 Å². The smallest absolute Gasteiger partial charge is 0.165 e. The molecule has 1 rings (SSSR count). The van der Waals surface area contributed by atoms with Crippen LogP contribution < -0.4 is 10.1 Å². The third kappa shape index (κ3) is 7.41. The Labute approximate surface area is 126 Å². The molecule has 120 valence electrons. The van der Waals surface area contributed by atoms with Gasteiger partial charge < -0.3 is 19.9 Å². The Bertz CT molecular complexity index is 413. The van der Waals surface area contributed by atoms with Crippen molar-refractivity contribution in [2.75, 3.05) is 26.4 Å². The number of ether oxygens (including phenoxy) is 2. The van der Waals surface area contributed by atoms with E-state index >= 15 is 0 Å². The lowest BCUT2D eigenvalue weighted by atomic mass is 10.2. The number of nitrogens with one attached hydrogen (secondary N) is 1. The van der Waals surface area contributed by atoms with Gasteiger partial charge in [0, 0.05) is 13.2 Å². The maximum Gasteiger partial charge on any atom is 0.165 e. The van der Waals surface area contributed by atoms with E-state index in [1.165, 1.54) is 6.07 Å². The van der Waals surface area contributed by atoms with Crippen molar-refractivity contribution in [3.05, 3.63) is 29.6 Å². The summed E-state index contributed by atoms with van der Waals surface area (Å²) < 4.78 is 24.2. The van der Waals surface area contributed by atoms with Crippen LogP contribution in [-0.4, -0.2) is 37.6 Å². The molecule has 0 aromatic heterocycles. The van der Waals surface area contributed by atoms with Crippen molar-refractivity contribution in [1.82, 2.24) is 5.32 Å². The van der Waals surface area contributed by atoms with E-state index in [-0.39, 0.29) is 19.0 Å². The van der Waals surface area contributed by atoms with Gasteiger partial charge in [-0.3, -0.25) is 0 Å². The van der Waals surface area contributed by atoms with E-state index in [0.717, 1.165) is 12.1 Å². The van der Waals surface area contributed by atoms with E-state index in [4.69, 9.17) is 9.47 Å². The van der Waals surface area contributed by atoms with Crippen LogP contribution in [0.4, 0.5) is 4.39 Å². The molecule has 1 aromatic rings. The van der Waals surface area contributed by atoms with Crippen LogP contribution in [0.2, 0.25) is 0 Å². The molecule has 0 saturated carbocycles. The van der Waals surface area contributed by atoms with E-state index < -0.39 is 11.9 Å². The van der Waals surface area contributed by atoms with Crippen LogP contribution in [0, 0.1) is 11.7 Å². The maximum absolute atomic E-state index is 13.9. The fourth-order valence-electron chi connectivity index (χ4n) is 1.76. The van der Waals surface area contributed by atoms with Crippen LogP contribution in [0.5, 0.6) is 5.75 Å². The SMILES string of the molecule is CCOCC(O)COc1ccc(CNCC(C)C)cc1F. The highest BCUT2D eigenvalue weighted by Crippen LogP contribution is 2.18. The Morgan fingerprint density at radius 1 is 1.29 bits per heavy atom. The van der Waals surface area contributed by atoms with E-state index in [9.17, 15) is 9.50 Å². The number of rotatable bonds is 10. The largest absolute Gasteiger partial charge is 0.488 e. The summed E-state index contributed by atoms with van der Waals surface area (Å²) in [6, 6.07) is 4.87. The molecule has 0 amide bonds. The summed E-state index contributed by atoms with van der Waals surface area (Å²) >= 11 is 0. The fraction of sp³-hybridized carbons (Fsp3) is 0.625. The lowest BCUT2D eigenvalue weighted by molar-refractivity contribution is 0.0157. The molecule has 4 nitrogen and oxygen atoms in total. The molecule has 0 bridgehead atoms. The maximum atomic E-state index is 13.9.